The normalized spacial score (nSPS) is 19.9. The molecular formula is C15H22N2S2. The van der Waals surface area contributed by atoms with E-state index in [1.165, 1.54) is 30.8 Å². The summed E-state index contributed by atoms with van der Waals surface area (Å²) in [7, 11) is 0. The van der Waals surface area contributed by atoms with Crippen molar-refractivity contribution in [2.45, 2.75) is 31.6 Å². The van der Waals surface area contributed by atoms with Gasteiger partial charge in [0.15, 0.2) is 0 Å². The highest BCUT2D eigenvalue weighted by molar-refractivity contribution is 8.00. The van der Waals surface area contributed by atoms with Crippen molar-refractivity contribution in [3.8, 4) is 0 Å². The van der Waals surface area contributed by atoms with Crippen LogP contribution in [0.3, 0.4) is 0 Å². The second-order valence-electron chi connectivity index (χ2n) is 5.70. The maximum atomic E-state index is 5.62. The lowest BCUT2D eigenvalue weighted by Crippen LogP contribution is -2.26. The second-order valence-corrected chi connectivity index (χ2v) is 7.94. The monoisotopic (exact) mass is 294 g/mol. The minimum absolute atomic E-state index is 0.421. The van der Waals surface area contributed by atoms with Crippen LogP contribution < -0.4 is 5.73 Å². The van der Waals surface area contributed by atoms with Crippen LogP contribution in [0.25, 0.3) is 0 Å². The van der Waals surface area contributed by atoms with Gasteiger partial charge in [-0.05, 0) is 18.5 Å². The molecule has 1 aliphatic heterocycles. The van der Waals surface area contributed by atoms with Crippen LogP contribution in [0.1, 0.15) is 31.4 Å². The minimum atomic E-state index is 0.421. The summed E-state index contributed by atoms with van der Waals surface area (Å²) in [5.74, 6) is 1.22. The van der Waals surface area contributed by atoms with Crippen LogP contribution in [0, 0.1) is 0 Å². The van der Waals surface area contributed by atoms with E-state index in [4.69, 9.17) is 18.0 Å². The van der Waals surface area contributed by atoms with Gasteiger partial charge in [0.1, 0.15) is 4.99 Å². The highest BCUT2D eigenvalue weighted by atomic mass is 32.2. The minimum Gasteiger partial charge on any atom is -0.389 e. The van der Waals surface area contributed by atoms with E-state index in [9.17, 15) is 0 Å². The molecule has 1 saturated heterocycles. The molecule has 1 fully saturated rings. The van der Waals surface area contributed by atoms with Crippen LogP contribution in [-0.2, 0) is 6.54 Å². The van der Waals surface area contributed by atoms with E-state index in [-0.39, 0.29) is 0 Å². The first-order valence-corrected chi connectivity index (χ1v) is 8.11. The van der Waals surface area contributed by atoms with Crippen molar-refractivity contribution in [2.75, 3.05) is 18.8 Å². The Kier molecular flexibility index (Phi) is 4.87. The lowest BCUT2D eigenvalue weighted by Gasteiger charge is -2.22. The first-order valence-electron chi connectivity index (χ1n) is 6.71. The van der Waals surface area contributed by atoms with Crippen molar-refractivity contribution in [3.05, 3.63) is 35.4 Å². The Bertz CT molecular complexity index is 440. The van der Waals surface area contributed by atoms with E-state index < -0.39 is 0 Å². The molecule has 2 rings (SSSR count). The lowest BCUT2D eigenvalue weighted by molar-refractivity contribution is 0.276. The molecule has 0 aromatic heterocycles. The summed E-state index contributed by atoms with van der Waals surface area (Å²) in [6.07, 6.45) is 1.25. The third-order valence-electron chi connectivity index (χ3n) is 3.58. The Hall–Kier alpha value is -0.580. The molecule has 104 valence electrons. The zero-order valence-corrected chi connectivity index (χ0v) is 13.3. The fraction of sp³-hybridized carbons (Fsp3) is 0.533. The van der Waals surface area contributed by atoms with Gasteiger partial charge in [0.05, 0.1) is 0 Å². The maximum absolute atomic E-state index is 5.62. The molecule has 2 nitrogen and oxygen atoms in total. The molecule has 1 aliphatic rings. The van der Waals surface area contributed by atoms with Gasteiger partial charge in [-0.15, -0.1) is 0 Å². The van der Waals surface area contributed by atoms with E-state index in [0.29, 0.717) is 9.74 Å². The molecular weight excluding hydrogens is 272 g/mol. The summed E-state index contributed by atoms with van der Waals surface area (Å²) in [5.41, 5.74) is 7.90. The van der Waals surface area contributed by atoms with Gasteiger partial charge < -0.3 is 5.73 Å². The van der Waals surface area contributed by atoms with E-state index in [0.717, 1.165) is 12.1 Å². The summed E-state index contributed by atoms with van der Waals surface area (Å²) < 4.78 is 0.421. The fourth-order valence-electron chi connectivity index (χ4n) is 2.25. The predicted octanol–water partition coefficient (Wildman–Crippen LogP) is 3.04. The molecule has 0 unspecified atom stereocenters. The van der Waals surface area contributed by atoms with Gasteiger partial charge in [0, 0.05) is 29.2 Å². The van der Waals surface area contributed by atoms with Crippen molar-refractivity contribution in [1.29, 1.82) is 0 Å². The first-order chi connectivity index (χ1) is 8.96. The molecule has 1 aromatic rings. The van der Waals surface area contributed by atoms with Crippen LogP contribution >= 0.6 is 24.0 Å². The van der Waals surface area contributed by atoms with Gasteiger partial charge in [-0.3, -0.25) is 4.90 Å². The average Bonchev–Trinajstić information content (AvgIpc) is 2.52. The standard InChI is InChI=1S/C15H22N2S2/c1-15(2)7-8-17(9-10-19-15)11-12-3-5-13(6-4-12)14(16)18/h3-6H,7-11H2,1-2H3,(H2,16,18). The quantitative estimate of drug-likeness (QED) is 0.868. The Morgan fingerprint density at radius 2 is 2.00 bits per heavy atom. The molecule has 0 aliphatic carbocycles. The molecule has 0 bridgehead atoms. The summed E-state index contributed by atoms with van der Waals surface area (Å²) in [6, 6.07) is 8.32. The lowest BCUT2D eigenvalue weighted by atomic mass is 10.1. The Morgan fingerprint density at radius 1 is 1.32 bits per heavy atom. The second kappa shape index (κ2) is 6.25. The number of rotatable bonds is 3. The Balaban J connectivity index is 1.95. The molecule has 0 spiro atoms. The van der Waals surface area contributed by atoms with Gasteiger partial charge in [0.2, 0.25) is 0 Å². The van der Waals surface area contributed by atoms with Crippen molar-refractivity contribution in [2.24, 2.45) is 5.73 Å². The Labute approximate surface area is 125 Å². The topological polar surface area (TPSA) is 29.3 Å². The highest BCUT2D eigenvalue weighted by Gasteiger charge is 2.23. The van der Waals surface area contributed by atoms with E-state index >= 15 is 0 Å². The third-order valence-corrected chi connectivity index (χ3v) is 5.18. The van der Waals surface area contributed by atoms with Gasteiger partial charge in [-0.2, -0.15) is 11.8 Å². The number of thiocarbonyl (C=S) groups is 1. The van der Waals surface area contributed by atoms with Crippen LogP contribution in [-0.4, -0.2) is 33.5 Å². The van der Waals surface area contributed by atoms with E-state index in [2.05, 4.69) is 42.6 Å². The van der Waals surface area contributed by atoms with Gasteiger partial charge in [0.25, 0.3) is 0 Å². The van der Waals surface area contributed by atoms with Crippen LogP contribution in [0.15, 0.2) is 24.3 Å². The molecule has 0 radical (unpaired) electrons. The van der Waals surface area contributed by atoms with Crippen LogP contribution in [0.2, 0.25) is 0 Å². The Morgan fingerprint density at radius 3 is 2.63 bits per heavy atom. The van der Waals surface area contributed by atoms with Gasteiger partial charge >= 0.3 is 0 Å². The fourth-order valence-corrected chi connectivity index (χ4v) is 3.53. The number of nitrogens with zero attached hydrogens (tertiary/aromatic N) is 1. The summed E-state index contributed by atoms with van der Waals surface area (Å²) in [4.78, 5) is 3.01. The van der Waals surface area contributed by atoms with Crippen LogP contribution in [0.4, 0.5) is 0 Å². The summed E-state index contributed by atoms with van der Waals surface area (Å²) in [5, 5.41) is 0. The zero-order chi connectivity index (χ0) is 13.9. The number of benzene rings is 1. The van der Waals surface area contributed by atoms with Crippen molar-refractivity contribution >= 4 is 29.0 Å². The third kappa shape index (κ3) is 4.48. The summed E-state index contributed by atoms with van der Waals surface area (Å²) >= 11 is 7.06. The maximum Gasteiger partial charge on any atom is 0.103 e. The number of hydrogen-bond donors (Lipinski definition) is 1. The number of thioether (sulfide) groups is 1. The van der Waals surface area contributed by atoms with Gasteiger partial charge in [-0.1, -0.05) is 50.3 Å². The first kappa shape index (κ1) is 14.8. The van der Waals surface area contributed by atoms with Crippen molar-refractivity contribution in [1.82, 2.24) is 4.90 Å². The van der Waals surface area contributed by atoms with Crippen molar-refractivity contribution in [3.63, 3.8) is 0 Å². The molecule has 1 heterocycles. The number of nitrogens with two attached hydrogens (primary N) is 1. The summed E-state index contributed by atoms with van der Waals surface area (Å²) in [6.45, 7) is 8.06. The molecule has 0 amide bonds. The highest BCUT2D eigenvalue weighted by Crippen LogP contribution is 2.31. The zero-order valence-electron chi connectivity index (χ0n) is 11.7. The van der Waals surface area contributed by atoms with Crippen molar-refractivity contribution < 1.29 is 0 Å². The molecule has 19 heavy (non-hydrogen) atoms. The molecule has 0 saturated carbocycles. The van der Waals surface area contributed by atoms with Crippen LogP contribution in [0.5, 0.6) is 0 Å². The molecule has 1 aromatic carbocycles. The van der Waals surface area contributed by atoms with E-state index in [1.54, 1.807) is 0 Å². The number of hydrogen-bond acceptors (Lipinski definition) is 3. The average molecular weight is 294 g/mol. The molecule has 2 N–H and O–H groups in total. The SMILES string of the molecule is CC1(C)CCN(Cc2ccc(C(N)=S)cc2)CCS1. The molecule has 4 heteroatoms. The van der Waals surface area contributed by atoms with Gasteiger partial charge in [-0.25, -0.2) is 0 Å². The smallest absolute Gasteiger partial charge is 0.103 e. The largest absolute Gasteiger partial charge is 0.389 e. The van der Waals surface area contributed by atoms with E-state index in [1.807, 2.05) is 12.1 Å². The molecule has 0 atom stereocenters. The predicted molar refractivity (Wildman–Crippen MR) is 88.8 cm³/mol.